The van der Waals surface area contributed by atoms with Crippen LogP contribution in [-0.4, -0.2) is 35.0 Å². The van der Waals surface area contributed by atoms with E-state index in [9.17, 15) is 19.1 Å². The predicted octanol–water partition coefficient (Wildman–Crippen LogP) is 6.25. The Morgan fingerprint density at radius 1 is 1.03 bits per heavy atom. The van der Waals surface area contributed by atoms with Crippen LogP contribution in [-0.2, 0) is 9.59 Å². The van der Waals surface area contributed by atoms with E-state index < -0.39 is 23.5 Å². The lowest BCUT2D eigenvalue weighted by molar-refractivity contribution is -0.132. The van der Waals surface area contributed by atoms with Crippen LogP contribution in [0, 0.1) is 5.82 Å². The molecule has 1 fully saturated rings. The molecular formula is C29H25FN2O5S. The third-order valence-corrected chi connectivity index (χ3v) is 7.09. The van der Waals surface area contributed by atoms with E-state index in [2.05, 4.69) is 4.98 Å². The van der Waals surface area contributed by atoms with Gasteiger partial charge in [0.1, 0.15) is 23.1 Å². The zero-order valence-corrected chi connectivity index (χ0v) is 21.6. The van der Waals surface area contributed by atoms with Crippen LogP contribution in [0.25, 0.3) is 16.0 Å². The van der Waals surface area contributed by atoms with Gasteiger partial charge in [-0.05, 0) is 73.5 Å². The topological polar surface area (TPSA) is 89.0 Å². The number of carbonyl (C=O) groups is 2. The van der Waals surface area contributed by atoms with E-state index in [4.69, 9.17) is 9.47 Å². The normalized spacial score (nSPS) is 16.8. The van der Waals surface area contributed by atoms with Crippen LogP contribution in [0.3, 0.4) is 0 Å². The molecule has 1 N–H and O–H groups in total. The molecule has 2 heterocycles. The summed E-state index contributed by atoms with van der Waals surface area (Å²) in [7, 11) is 0. The van der Waals surface area contributed by atoms with Gasteiger partial charge in [0.2, 0.25) is 0 Å². The number of nitrogens with zero attached hydrogens (tertiary/aromatic N) is 2. The first kappa shape index (κ1) is 25.4. The molecule has 1 amide bonds. The smallest absolute Gasteiger partial charge is 0.301 e. The Morgan fingerprint density at radius 3 is 2.55 bits per heavy atom. The summed E-state index contributed by atoms with van der Waals surface area (Å²) in [5, 5.41) is 11.6. The molecule has 0 aliphatic carbocycles. The molecule has 1 aromatic heterocycles. The highest BCUT2D eigenvalue weighted by Gasteiger charge is 2.48. The van der Waals surface area contributed by atoms with Gasteiger partial charge in [-0.1, -0.05) is 30.4 Å². The molecule has 0 saturated carbocycles. The second-order valence-corrected chi connectivity index (χ2v) is 9.67. The highest BCUT2D eigenvalue weighted by Crippen LogP contribution is 2.45. The average molecular weight is 533 g/mol. The third kappa shape index (κ3) is 4.72. The molecule has 194 valence electrons. The molecule has 7 nitrogen and oxygen atoms in total. The largest absolute Gasteiger partial charge is 0.507 e. The zero-order valence-electron chi connectivity index (χ0n) is 20.8. The molecular weight excluding hydrogens is 507 g/mol. The summed E-state index contributed by atoms with van der Waals surface area (Å²) in [5.41, 5.74) is 1.35. The van der Waals surface area contributed by atoms with Crippen LogP contribution in [0.5, 0.6) is 11.5 Å². The highest BCUT2D eigenvalue weighted by molar-refractivity contribution is 7.22. The number of thiazole rings is 1. The molecule has 0 bridgehead atoms. The summed E-state index contributed by atoms with van der Waals surface area (Å²) in [4.78, 5) is 32.6. The lowest BCUT2D eigenvalue weighted by Gasteiger charge is -2.23. The number of ketones is 1. The van der Waals surface area contributed by atoms with Gasteiger partial charge in [0, 0.05) is 5.56 Å². The van der Waals surface area contributed by atoms with Crippen LogP contribution in [0.1, 0.15) is 37.4 Å². The number of aliphatic hydroxyl groups is 1. The lowest BCUT2D eigenvalue weighted by Crippen LogP contribution is -2.29. The minimum atomic E-state index is -0.975. The highest BCUT2D eigenvalue weighted by atomic mass is 32.1. The number of fused-ring (bicyclic) bond motifs is 1. The molecule has 3 aromatic carbocycles. The fraction of sp³-hybridized carbons (Fsp3) is 0.207. The molecule has 0 radical (unpaired) electrons. The first-order valence-corrected chi connectivity index (χ1v) is 13.1. The van der Waals surface area contributed by atoms with Crippen molar-refractivity contribution in [1.29, 1.82) is 0 Å². The fourth-order valence-electron chi connectivity index (χ4n) is 4.36. The molecule has 1 aliphatic rings. The van der Waals surface area contributed by atoms with Crippen molar-refractivity contribution >= 4 is 44.1 Å². The molecule has 38 heavy (non-hydrogen) atoms. The number of halogens is 1. The van der Waals surface area contributed by atoms with Crippen molar-refractivity contribution in [1.82, 2.24) is 4.98 Å². The molecule has 4 aromatic rings. The summed E-state index contributed by atoms with van der Waals surface area (Å²) in [5.74, 6) is -1.23. The zero-order chi connectivity index (χ0) is 26.8. The summed E-state index contributed by atoms with van der Waals surface area (Å²) in [6.45, 7) is 4.84. The summed E-state index contributed by atoms with van der Waals surface area (Å²) in [6.07, 6.45) is 0.852. The van der Waals surface area contributed by atoms with Gasteiger partial charge in [-0.15, -0.1) is 0 Å². The summed E-state index contributed by atoms with van der Waals surface area (Å²) >= 11 is 1.10. The van der Waals surface area contributed by atoms with Gasteiger partial charge in [0.15, 0.2) is 5.13 Å². The lowest BCUT2D eigenvalue weighted by atomic mass is 9.95. The van der Waals surface area contributed by atoms with Gasteiger partial charge in [-0.25, -0.2) is 9.37 Å². The Kier molecular flexibility index (Phi) is 7.11. The first-order chi connectivity index (χ1) is 18.4. The maximum absolute atomic E-state index is 13.9. The van der Waals surface area contributed by atoms with E-state index in [1.807, 2.05) is 13.8 Å². The third-order valence-electron chi connectivity index (χ3n) is 6.08. The van der Waals surface area contributed by atoms with Gasteiger partial charge in [0.05, 0.1) is 35.0 Å². The molecule has 1 unspecified atom stereocenters. The Hall–Kier alpha value is -4.24. The minimum Gasteiger partial charge on any atom is -0.507 e. The van der Waals surface area contributed by atoms with E-state index in [1.165, 1.54) is 23.1 Å². The van der Waals surface area contributed by atoms with Gasteiger partial charge >= 0.3 is 5.91 Å². The number of anilines is 1. The maximum atomic E-state index is 13.9. The van der Waals surface area contributed by atoms with Crippen molar-refractivity contribution in [3.05, 3.63) is 89.2 Å². The number of benzene rings is 3. The van der Waals surface area contributed by atoms with E-state index in [0.29, 0.717) is 46.1 Å². The molecule has 1 saturated heterocycles. The van der Waals surface area contributed by atoms with Crippen molar-refractivity contribution in [2.45, 2.75) is 26.3 Å². The molecule has 1 aliphatic heterocycles. The predicted molar refractivity (Wildman–Crippen MR) is 144 cm³/mol. The van der Waals surface area contributed by atoms with E-state index in [1.54, 1.807) is 48.5 Å². The van der Waals surface area contributed by atoms with Gasteiger partial charge in [-0.3, -0.25) is 14.5 Å². The monoisotopic (exact) mass is 532 g/mol. The van der Waals surface area contributed by atoms with Crippen LogP contribution in [0.4, 0.5) is 9.52 Å². The summed E-state index contributed by atoms with van der Waals surface area (Å²) in [6, 6.07) is 16.9. The number of ether oxygens (including phenoxy) is 2. The molecule has 0 spiro atoms. The van der Waals surface area contributed by atoms with Crippen molar-refractivity contribution in [2.75, 3.05) is 18.1 Å². The van der Waals surface area contributed by atoms with Gasteiger partial charge in [0.25, 0.3) is 5.78 Å². The average Bonchev–Trinajstić information content (AvgIpc) is 3.45. The second kappa shape index (κ2) is 10.6. The SMILES string of the molecule is CCCOc1ccc(/C(O)=C2\C(=O)C(=O)N(c3nc4ccc(F)cc4s3)C2c2cccc(OCC)c2)cc1. The van der Waals surface area contributed by atoms with Crippen LogP contribution in [0.2, 0.25) is 0 Å². The molecule has 1 atom stereocenters. The number of amides is 1. The van der Waals surface area contributed by atoms with Gasteiger partial charge < -0.3 is 14.6 Å². The number of aromatic nitrogens is 1. The maximum Gasteiger partial charge on any atom is 0.301 e. The first-order valence-electron chi connectivity index (χ1n) is 12.2. The number of hydrogen-bond donors (Lipinski definition) is 1. The molecule has 5 rings (SSSR count). The Morgan fingerprint density at radius 2 is 1.82 bits per heavy atom. The fourth-order valence-corrected chi connectivity index (χ4v) is 5.38. The number of rotatable bonds is 8. The van der Waals surface area contributed by atoms with Crippen molar-refractivity contribution in [3.63, 3.8) is 0 Å². The van der Waals surface area contributed by atoms with Crippen molar-refractivity contribution in [3.8, 4) is 11.5 Å². The standard InChI is InChI=1S/C29H25FN2O5S/c1-3-14-37-20-11-8-17(9-12-20)26(33)24-25(18-6-5-7-21(15-18)36-4-2)32(28(35)27(24)34)29-31-22-13-10-19(30)16-23(22)38-29/h5-13,15-16,25,33H,3-4,14H2,1-2H3/b26-24+. The number of aliphatic hydroxyl groups excluding tert-OH is 1. The second-order valence-electron chi connectivity index (χ2n) is 8.66. The Bertz CT molecular complexity index is 1550. The van der Waals surface area contributed by atoms with E-state index >= 15 is 0 Å². The quantitative estimate of drug-likeness (QED) is 0.164. The number of Topliss-reactive ketones (excluding diaryl/α,β-unsaturated/α-hetero) is 1. The number of carbonyl (C=O) groups excluding carboxylic acids is 2. The Labute approximate surface area is 222 Å². The van der Waals surface area contributed by atoms with Crippen LogP contribution in [0.15, 0.2) is 72.3 Å². The van der Waals surface area contributed by atoms with Gasteiger partial charge in [-0.2, -0.15) is 0 Å². The van der Waals surface area contributed by atoms with Crippen molar-refractivity contribution in [2.24, 2.45) is 0 Å². The van der Waals surface area contributed by atoms with Crippen molar-refractivity contribution < 1.29 is 28.6 Å². The Balaban J connectivity index is 1.66. The van der Waals surface area contributed by atoms with E-state index in [0.717, 1.165) is 17.8 Å². The van der Waals surface area contributed by atoms with Crippen LogP contribution < -0.4 is 14.4 Å². The minimum absolute atomic E-state index is 0.0729. The molecule has 9 heteroatoms. The summed E-state index contributed by atoms with van der Waals surface area (Å²) < 4.78 is 25.7. The van der Waals surface area contributed by atoms with Crippen LogP contribution >= 0.6 is 11.3 Å². The van der Waals surface area contributed by atoms with E-state index in [-0.39, 0.29) is 16.5 Å². The number of hydrogen-bond acceptors (Lipinski definition) is 7.